The summed E-state index contributed by atoms with van der Waals surface area (Å²) in [5, 5.41) is 0. The number of hydrogen-bond donors (Lipinski definition) is 0. The van der Waals surface area contributed by atoms with E-state index in [4.69, 9.17) is 4.74 Å². The van der Waals surface area contributed by atoms with Crippen LogP contribution < -0.4 is 0 Å². The first-order chi connectivity index (χ1) is 13.2. The first kappa shape index (κ1) is 21.3. The number of rotatable bonds is 4. The molecule has 6 heteroatoms. The van der Waals surface area contributed by atoms with Gasteiger partial charge in [-0.25, -0.2) is 8.78 Å². The average Bonchev–Trinajstić information content (AvgIpc) is 2.64. The van der Waals surface area contributed by atoms with E-state index in [0.29, 0.717) is 30.4 Å². The van der Waals surface area contributed by atoms with Crippen molar-refractivity contribution in [1.82, 2.24) is 0 Å². The molecule has 0 amide bonds. The zero-order chi connectivity index (χ0) is 20.3. The average molecular weight is 402 g/mol. The number of allylic oxidation sites excluding steroid dienone is 1. The molecule has 1 aliphatic heterocycles. The Kier molecular flexibility index (Phi) is 6.79. The quantitative estimate of drug-likeness (QED) is 0.483. The third-order valence-corrected chi connectivity index (χ3v) is 6.15. The summed E-state index contributed by atoms with van der Waals surface area (Å²) < 4.78 is 71.0. The zero-order valence-electron chi connectivity index (χ0n) is 16.1. The monoisotopic (exact) mass is 402 g/mol. The lowest BCUT2D eigenvalue weighted by Crippen LogP contribution is -2.29. The van der Waals surface area contributed by atoms with Gasteiger partial charge in [-0.15, -0.1) is 0 Å². The van der Waals surface area contributed by atoms with Gasteiger partial charge >= 0.3 is 6.18 Å². The zero-order valence-corrected chi connectivity index (χ0v) is 16.1. The van der Waals surface area contributed by atoms with Gasteiger partial charge in [0.1, 0.15) is 11.6 Å². The Morgan fingerprint density at radius 3 is 2.11 bits per heavy atom. The van der Waals surface area contributed by atoms with Gasteiger partial charge in [-0.3, -0.25) is 0 Å². The summed E-state index contributed by atoms with van der Waals surface area (Å²) in [6, 6.07) is 2.37. The smallest absolute Gasteiger partial charge is 0.373 e. The van der Waals surface area contributed by atoms with Crippen LogP contribution in [0.1, 0.15) is 69.1 Å². The standard InChI is InChI=1S/C22H27F5O/c1-14-4-6-15(7-5-14)16-8-9-21(28-13-16)17-11-19(23)18(20(24)12-17)3-2-10-22(25,26)27/h2-3,11-12,14-16,21H,4-10,13H2,1H3/b3-2+. The van der Waals surface area contributed by atoms with Crippen LogP contribution in [0.3, 0.4) is 0 Å². The summed E-state index contributed by atoms with van der Waals surface area (Å²) >= 11 is 0. The Morgan fingerprint density at radius 2 is 1.57 bits per heavy atom. The SMILES string of the molecule is CC1CCC(C2CCC(c3cc(F)c(/C=C/CC(F)(F)F)c(F)c3)OC2)CC1. The molecule has 0 spiro atoms. The van der Waals surface area contributed by atoms with E-state index in [-0.39, 0.29) is 6.10 Å². The molecule has 2 atom stereocenters. The van der Waals surface area contributed by atoms with E-state index in [9.17, 15) is 22.0 Å². The van der Waals surface area contributed by atoms with Crippen molar-refractivity contribution in [3.8, 4) is 0 Å². The summed E-state index contributed by atoms with van der Waals surface area (Å²) in [4.78, 5) is 0. The van der Waals surface area contributed by atoms with Gasteiger partial charge in [-0.2, -0.15) is 13.2 Å². The summed E-state index contributed by atoms with van der Waals surface area (Å²) in [6.45, 7) is 2.88. The van der Waals surface area contributed by atoms with Crippen LogP contribution in [0.2, 0.25) is 0 Å². The predicted molar refractivity (Wildman–Crippen MR) is 98.6 cm³/mol. The molecule has 0 radical (unpaired) electrons. The molecule has 3 rings (SSSR count). The van der Waals surface area contributed by atoms with Crippen LogP contribution >= 0.6 is 0 Å². The van der Waals surface area contributed by atoms with E-state index in [1.807, 2.05) is 0 Å². The third kappa shape index (κ3) is 5.56. The van der Waals surface area contributed by atoms with E-state index >= 15 is 0 Å². The number of benzene rings is 1. The van der Waals surface area contributed by atoms with Crippen molar-refractivity contribution < 1.29 is 26.7 Å². The van der Waals surface area contributed by atoms with Crippen LogP contribution in [0.4, 0.5) is 22.0 Å². The van der Waals surface area contributed by atoms with Crippen LogP contribution in [0, 0.1) is 29.4 Å². The molecule has 0 N–H and O–H groups in total. The number of ether oxygens (including phenoxy) is 1. The Balaban J connectivity index is 1.60. The van der Waals surface area contributed by atoms with Crippen molar-refractivity contribution >= 4 is 6.08 Å². The molecule has 0 bridgehead atoms. The van der Waals surface area contributed by atoms with E-state index < -0.39 is 29.8 Å². The minimum atomic E-state index is -4.40. The maximum Gasteiger partial charge on any atom is 0.392 e. The molecule has 2 unspecified atom stereocenters. The Hall–Kier alpha value is -1.43. The van der Waals surface area contributed by atoms with Gasteiger partial charge in [0.2, 0.25) is 0 Å². The molecule has 1 aliphatic carbocycles. The Bertz CT molecular complexity index is 658. The van der Waals surface area contributed by atoms with Gasteiger partial charge < -0.3 is 4.74 Å². The lowest BCUT2D eigenvalue weighted by molar-refractivity contribution is -0.124. The van der Waals surface area contributed by atoms with E-state index in [1.54, 1.807) is 0 Å². The second-order valence-electron chi connectivity index (χ2n) is 8.30. The molecule has 2 aliphatic rings. The van der Waals surface area contributed by atoms with Crippen molar-refractivity contribution in [3.63, 3.8) is 0 Å². The Morgan fingerprint density at radius 1 is 0.964 bits per heavy atom. The molecular weight excluding hydrogens is 375 g/mol. The third-order valence-electron chi connectivity index (χ3n) is 6.15. The summed E-state index contributed by atoms with van der Waals surface area (Å²) in [7, 11) is 0. The fourth-order valence-electron chi connectivity index (χ4n) is 4.42. The van der Waals surface area contributed by atoms with E-state index in [1.165, 1.54) is 37.8 Å². The fourth-order valence-corrected chi connectivity index (χ4v) is 4.42. The summed E-state index contributed by atoms with van der Waals surface area (Å²) in [6.07, 6.45) is 2.23. The van der Waals surface area contributed by atoms with Crippen LogP contribution in [0.5, 0.6) is 0 Å². The predicted octanol–water partition coefficient (Wildman–Crippen LogP) is 7.22. The van der Waals surface area contributed by atoms with Crippen LogP contribution in [-0.2, 0) is 4.74 Å². The van der Waals surface area contributed by atoms with Crippen molar-refractivity contribution in [2.75, 3.05) is 6.61 Å². The van der Waals surface area contributed by atoms with Gasteiger partial charge in [0, 0.05) is 5.56 Å². The largest absolute Gasteiger partial charge is 0.392 e. The van der Waals surface area contributed by atoms with Gasteiger partial charge in [0.15, 0.2) is 0 Å². The van der Waals surface area contributed by atoms with E-state index in [0.717, 1.165) is 24.5 Å². The van der Waals surface area contributed by atoms with E-state index in [2.05, 4.69) is 6.92 Å². The van der Waals surface area contributed by atoms with Crippen molar-refractivity contribution in [3.05, 3.63) is 41.0 Å². The molecule has 1 aromatic rings. The number of hydrogen-bond acceptors (Lipinski definition) is 1. The first-order valence-corrected chi connectivity index (χ1v) is 10.1. The minimum absolute atomic E-state index is 0.365. The lowest BCUT2D eigenvalue weighted by atomic mass is 9.74. The molecule has 2 fully saturated rings. The van der Waals surface area contributed by atoms with Crippen molar-refractivity contribution in [1.29, 1.82) is 0 Å². The lowest BCUT2D eigenvalue weighted by Gasteiger charge is -2.37. The second kappa shape index (κ2) is 8.93. The summed E-state index contributed by atoms with van der Waals surface area (Å²) in [5.41, 5.74) is -0.0308. The summed E-state index contributed by atoms with van der Waals surface area (Å²) in [5.74, 6) is 0.249. The van der Waals surface area contributed by atoms with Crippen molar-refractivity contribution in [2.24, 2.45) is 17.8 Å². The molecule has 1 heterocycles. The van der Waals surface area contributed by atoms with Crippen LogP contribution in [0.15, 0.2) is 18.2 Å². The van der Waals surface area contributed by atoms with Crippen LogP contribution in [0.25, 0.3) is 6.08 Å². The molecule has 156 valence electrons. The molecule has 1 saturated heterocycles. The van der Waals surface area contributed by atoms with Crippen molar-refractivity contribution in [2.45, 2.75) is 64.1 Å². The number of alkyl halides is 3. The highest BCUT2D eigenvalue weighted by Crippen LogP contribution is 2.40. The highest BCUT2D eigenvalue weighted by Gasteiger charge is 2.31. The minimum Gasteiger partial charge on any atom is -0.373 e. The topological polar surface area (TPSA) is 9.23 Å². The van der Waals surface area contributed by atoms with Gasteiger partial charge in [-0.05, 0) is 61.1 Å². The molecule has 1 aromatic carbocycles. The highest BCUT2D eigenvalue weighted by atomic mass is 19.4. The molecule has 1 nitrogen and oxygen atoms in total. The maximum atomic E-state index is 14.3. The molecular formula is C22H27F5O. The first-order valence-electron chi connectivity index (χ1n) is 10.1. The van der Waals surface area contributed by atoms with Gasteiger partial charge in [0.25, 0.3) is 0 Å². The number of halogens is 5. The molecule has 1 saturated carbocycles. The van der Waals surface area contributed by atoms with Crippen LogP contribution in [-0.4, -0.2) is 12.8 Å². The van der Waals surface area contributed by atoms with Gasteiger partial charge in [-0.1, -0.05) is 31.9 Å². The normalized spacial score (nSPS) is 29.4. The Labute approximate surface area is 163 Å². The van der Waals surface area contributed by atoms with Gasteiger partial charge in [0.05, 0.1) is 19.1 Å². The fraction of sp³-hybridized carbons (Fsp3) is 0.636. The molecule has 28 heavy (non-hydrogen) atoms. The maximum absolute atomic E-state index is 14.3. The molecule has 0 aromatic heterocycles. The second-order valence-corrected chi connectivity index (χ2v) is 8.30. The highest BCUT2D eigenvalue weighted by molar-refractivity contribution is 5.52.